The molecule has 0 fully saturated rings. The SMILES string of the molecule is Cc1nc2ncccc2cc1C(=O)NC(c1nnc2n1CCNCC2)C(C)C. The first-order valence-corrected chi connectivity index (χ1v) is 9.70. The van der Waals surface area contributed by atoms with Gasteiger partial charge in [0.05, 0.1) is 17.3 Å². The Balaban J connectivity index is 1.65. The van der Waals surface area contributed by atoms with Crippen molar-refractivity contribution in [2.24, 2.45) is 5.92 Å². The second-order valence-corrected chi connectivity index (χ2v) is 7.49. The van der Waals surface area contributed by atoms with Crippen molar-refractivity contribution in [2.75, 3.05) is 13.1 Å². The van der Waals surface area contributed by atoms with E-state index in [-0.39, 0.29) is 17.9 Å². The highest BCUT2D eigenvalue weighted by molar-refractivity contribution is 5.98. The molecule has 4 heterocycles. The summed E-state index contributed by atoms with van der Waals surface area (Å²) in [5.41, 5.74) is 1.87. The highest BCUT2D eigenvalue weighted by Crippen LogP contribution is 2.23. The van der Waals surface area contributed by atoms with Crippen molar-refractivity contribution in [1.29, 1.82) is 0 Å². The Bertz CT molecular complexity index is 1010. The zero-order chi connectivity index (χ0) is 19.7. The van der Waals surface area contributed by atoms with Gasteiger partial charge < -0.3 is 15.2 Å². The minimum atomic E-state index is -0.226. The lowest BCUT2D eigenvalue weighted by molar-refractivity contribution is 0.0921. The van der Waals surface area contributed by atoms with Crippen LogP contribution in [0.2, 0.25) is 0 Å². The van der Waals surface area contributed by atoms with Gasteiger partial charge in [-0.25, -0.2) is 9.97 Å². The zero-order valence-electron chi connectivity index (χ0n) is 16.4. The fourth-order valence-electron chi connectivity index (χ4n) is 3.60. The Hall–Kier alpha value is -2.87. The number of aromatic nitrogens is 5. The Morgan fingerprint density at radius 3 is 2.96 bits per heavy atom. The number of carbonyl (C=O) groups is 1. The highest BCUT2D eigenvalue weighted by atomic mass is 16.1. The molecule has 8 heteroatoms. The molecule has 0 aliphatic carbocycles. The summed E-state index contributed by atoms with van der Waals surface area (Å²) in [6.45, 7) is 8.57. The van der Waals surface area contributed by atoms with Crippen LogP contribution in [0.1, 0.15) is 47.6 Å². The van der Waals surface area contributed by atoms with Crippen molar-refractivity contribution < 1.29 is 4.79 Å². The average Bonchev–Trinajstić information content (AvgIpc) is 2.92. The van der Waals surface area contributed by atoms with E-state index in [1.807, 2.05) is 25.1 Å². The van der Waals surface area contributed by atoms with E-state index in [1.54, 1.807) is 6.20 Å². The monoisotopic (exact) mass is 379 g/mol. The average molecular weight is 379 g/mol. The second kappa shape index (κ2) is 7.63. The maximum absolute atomic E-state index is 13.1. The number of pyridine rings is 2. The smallest absolute Gasteiger partial charge is 0.253 e. The third-order valence-electron chi connectivity index (χ3n) is 5.15. The number of hydrogen-bond acceptors (Lipinski definition) is 6. The first kappa shape index (κ1) is 18.5. The van der Waals surface area contributed by atoms with Gasteiger partial charge in [-0.05, 0) is 31.0 Å². The Morgan fingerprint density at radius 2 is 2.14 bits per heavy atom. The van der Waals surface area contributed by atoms with Gasteiger partial charge in [-0.3, -0.25) is 4.79 Å². The molecule has 1 unspecified atom stereocenters. The molecule has 0 saturated heterocycles. The standard InChI is InChI=1S/C20H25N7O/c1-12(2)17(19-26-25-16-6-8-21-9-10-27(16)19)24-20(28)15-11-14-5-4-7-22-18(14)23-13(15)3/h4-5,7,11-12,17,21H,6,8-10H2,1-3H3,(H,24,28). The van der Waals surface area contributed by atoms with Gasteiger partial charge in [-0.2, -0.15) is 0 Å². The first-order valence-electron chi connectivity index (χ1n) is 9.70. The zero-order valence-corrected chi connectivity index (χ0v) is 16.4. The van der Waals surface area contributed by atoms with Crippen molar-refractivity contribution in [2.45, 2.75) is 39.8 Å². The number of aryl methyl sites for hydroxylation is 1. The number of rotatable bonds is 4. The molecular formula is C20H25N7O. The number of nitrogens with zero attached hydrogens (tertiary/aromatic N) is 5. The Labute approximate surface area is 163 Å². The van der Waals surface area contributed by atoms with Crippen molar-refractivity contribution in [3.8, 4) is 0 Å². The molecule has 3 aromatic rings. The molecule has 2 N–H and O–H groups in total. The van der Waals surface area contributed by atoms with Crippen LogP contribution in [-0.4, -0.2) is 43.7 Å². The minimum absolute atomic E-state index is 0.154. The molecule has 8 nitrogen and oxygen atoms in total. The molecule has 146 valence electrons. The fraction of sp³-hybridized carbons (Fsp3) is 0.450. The fourth-order valence-corrected chi connectivity index (χ4v) is 3.60. The number of amides is 1. The van der Waals surface area contributed by atoms with Gasteiger partial charge in [-0.15, -0.1) is 10.2 Å². The molecule has 0 radical (unpaired) electrons. The molecule has 3 aromatic heterocycles. The van der Waals surface area contributed by atoms with Crippen molar-refractivity contribution in [1.82, 2.24) is 35.4 Å². The van der Waals surface area contributed by atoms with Crippen molar-refractivity contribution >= 4 is 16.9 Å². The molecule has 0 aromatic carbocycles. The number of fused-ring (bicyclic) bond motifs is 2. The summed E-state index contributed by atoms with van der Waals surface area (Å²) in [6.07, 6.45) is 2.54. The van der Waals surface area contributed by atoms with Crippen LogP contribution in [0.5, 0.6) is 0 Å². The predicted molar refractivity (Wildman–Crippen MR) is 106 cm³/mol. The molecule has 0 bridgehead atoms. The Morgan fingerprint density at radius 1 is 1.29 bits per heavy atom. The van der Waals surface area contributed by atoms with Crippen LogP contribution in [0.3, 0.4) is 0 Å². The van der Waals surface area contributed by atoms with E-state index in [0.717, 1.165) is 43.1 Å². The molecule has 1 aliphatic heterocycles. The molecule has 1 aliphatic rings. The van der Waals surface area contributed by atoms with Gasteiger partial charge in [0.25, 0.3) is 5.91 Å². The van der Waals surface area contributed by atoms with Crippen LogP contribution in [0.15, 0.2) is 24.4 Å². The van der Waals surface area contributed by atoms with Crippen LogP contribution >= 0.6 is 0 Å². The summed E-state index contributed by atoms with van der Waals surface area (Å²) in [4.78, 5) is 21.9. The van der Waals surface area contributed by atoms with Crippen LogP contribution in [0, 0.1) is 12.8 Å². The summed E-state index contributed by atoms with van der Waals surface area (Å²) in [7, 11) is 0. The molecule has 4 rings (SSSR count). The van der Waals surface area contributed by atoms with Gasteiger partial charge in [0.15, 0.2) is 11.5 Å². The van der Waals surface area contributed by atoms with E-state index in [2.05, 4.69) is 49.2 Å². The van der Waals surface area contributed by atoms with Gasteiger partial charge in [0.1, 0.15) is 5.82 Å². The molecule has 0 spiro atoms. The summed E-state index contributed by atoms with van der Waals surface area (Å²) < 4.78 is 2.14. The maximum Gasteiger partial charge on any atom is 0.253 e. The van der Waals surface area contributed by atoms with Crippen LogP contribution < -0.4 is 10.6 Å². The molecule has 1 amide bonds. The van der Waals surface area contributed by atoms with Gasteiger partial charge >= 0.3 is 0 Å². The lowest BCUT2D eigenvalue weighted by Gasteiger charge is -2.23. The van der Waals surface area contributed by atoms with Crippen molar-refractivity contribution in [3.63, 3.8) is 0 Å². The van der Waals surface area contributed by atoms with E-state index < -0.39 is 0 Å². The van der Waals surface area contributed by atoms with Crippen LogP contribution in [-0.2, 0) is 13.0 Å². The maximum atomic E-state index is 13.1. The highest BCUT2D eigenvalue weighted by Gasteiger charge is 2.27. The largest absolute Gasteiger partial charge is 0.342 e. The minimum Gasteiger partial charge on any atom is -0.342 e. The number of nitrogens with one attached hydrogen (secondary N) is 2. The van der Waals surface area contributed by atoms with Crippen LogP contribution in [0.25, 0.3) is 11.0 Å². The van der Waals surface area contributed by atoms with Gasteiger partial charge in [0.2, 0.25) is 0 Å². The summed E-state index contributed by atoms with van der Waals surface area (Å²) in [5.74, 6) is 1.80. The van der Waals surface area contributed by atoms with Crippen molar-refractivity contribution in [3.05, 3.63) is 47.3 Å². The quantitative estimate of drug-likeness (QED) is 0.717. The normalized spacial score (nSPS) is 15.3. The molecule has 28 heavy (non-hydrogen) atoms. The first-order chi connectivity index (χ1) is 13.5. The van der Waals surface area contributed by atoms with E-state index in [4.69, 9.17) is 0 Å². The lowest BCUT2D eigenvalue weighted by atomic mass is 10.0. The predicted octanol–water partition coefficient (Wildman–Crippen LogP) is 1.80. The number of carbonyl (C=O) groups excluding carboxylic acids is 1. The number of hydrogen-bond donors (Lipinski definition) is 2. The third kappa shape index (κ3) is 3.47. The topological polar surface area (TPSA) is 97.6 Å². The van der Waals surface area contributed by atoms with E-state index in [1.165, 1.54) is 0 Å². The molecule has 1 atom stereocenters. The summed E-state index contributed by atoms with van der Waals surface area (Å²) in [6, 6.07) is 5.39. The van der Waals surface area contributed by atoms with Crippen LogP contribution in [0.4, 0.5) is 0 Å². The molecule has 0 saturated carbocycles. The van der Waals surface area contributed by atoms with Gasteiger partial charge in [-0.1, -0.05) is 13.8 Å². The van der Waals surface area contributed by atoms with E-state index in [9.17, 15) is 4.79 Å². The van der Waals surface area contributed by atoms with Gasteiger partial charge in [0, 0.05) is 37.6 Å². The lowest BCUT2D eigenvalue weighted by Crippen LogP contribution is -2.34. The summed E-state index contributed by atoms with van der Waals surface area (Å²) in [5, 5.41) is 16.2. The summed E-state index contributed by atoms with van der Waals surface area (Å²) >= 11 is 0. The second-order valence-electron chi connectivity index (χ2n) is 7.49. The Kier molecular flexibility index (Phi) is 5.04. The molecular weight excluding hydrogens is 354 g/mol. The van der Waals surface area contributed by atoms with E-state index in [0.29, 0.717) is 16.9 Å². The third-order valence-corrected chi connectivity index (χ3v) is 5.15. The van der Waals surface area contributed by atoms with E-state index >= 15 is 0 Å².